The van der Waals surface area contributed by atoms with Crippen molar-refractivity contribution < 1.29 is 18.0 Å². The second-order valence-corrected chi connectivity index (χ2v) is 5.86. The molecule has 3 rings (SSSR count). The van der Waals surface area contributed by atoms with Gasteiger partial charge in [-0.3, -0.25) is 9.78 Å². The van der Waals surface area contributed by atoms with Crippen molar-refractivity contribution in [2.45, 2.75) is 19.6 Å². The van der Waals surface area contributed by atoms with Crippen LogP contribution in [0.4, 0.5) is 24.7 Å². The van der Waals surface area contributed by atoms with Gasteiger partial charge in [0.05, 0.1) is 23.5 Å². The highest BCUT2D eigenvalue weighted by molar-refractivity contribution is 5.93. The number of aromatic nitrogens is 3. The summed E-state index contributed by atoms with van der Waals surface area (Å²) in [6.45, 7) is 1.75. The van der Waals surface area contributed by atoms with E-state index in [0.717, 1.165) is 6.07 Å². The molecule has 9 heteroatoms. The highest BCUT2D eigenvalue weighted by Crippen LogP contribution is 2.35. The van der Waals surface area contributed by atoms with Crippen molar-refractivity contribution in [1.82, 2.24) is 20.3 Å². The monoisotopic (exact) mass is 387 g/mol. The molecule has 2 N–H and O–H groups in total. The van der Waals surface area contributed by atoms with Crippen LogP contribution in [0, 0.1) is 6.92 Å². The maximum atomic E-state index is 13.2. The van der Waals surface area contributed by atoms with Crippen molar-refractivity contribution in [2.75, 3.05) is 5.32 Å². The number of nitrogens with one attached hydrogen (secondary N) is 2. The van der Waals surface area contributed by atoms with E-state index in [1.165, 1.54) is 24.3 Å². The molecular weight excluding hydrogens is 371 g/mol. The summed E-state index contributed by atoms with van der Waals surface area (Å²) < 4.78 is 39.5. The van der Waals surface area contributed by atoms with Crippen molar-refractivity contribution in [1.29, 1.82) is 0 Å². The lowest BCUT2D eigenvalue weighted by atomic mass is 10.1. The van der Waals surface area contributed by atoms with Crippen LogP contribution in [0.15, 0.2) is 54.7 Å². The third-order valence-corrected chi connectivity index (χ3v) is 3.72. The van der Waals surface area contributed by atoms with E-state index in [1.807, 2.05) is 0 Å². The number of para-hydroxylation sites is 1. The third-order valence-electron chi connectivity index (χ3n) is 3.72. The summed E-state index contributed by atoms with van der Waals surface area (Å²) in [5.41, 5.74) is -0.283. The van der Waals surface area contributed by atoms with E-state index in [9.17, 15) is 18.0 Å². The van der Waals surface area contributed by atoms with Crippen molar-refractivity contribution in [3.8, 4) is 0 Å². The van der Waals surface area contributed by atoms with Gasteiger partial charge in [0.2, 0.25) is 0 Å². The molecule has 0 fully saturated rings. The summed E-state index contributed by atoms with van der Waals surface area (Å²) in [4.78, 5) is 24.6. The summed E-state index contributed by atoms with van der Waals surface area (Å²) in [5.74, 6) is -0.145. The standard InChI is InChI=1S/C19H16F3N5O/c1-12-25-16(18(28)24-11-13-6-4-5-9-23-13)10-17(26-12)27-15-8-3-2-7-14(15)19(20,21)22/h2-10H,11H2,1H3,(H,24,28)(H,25,26,27). The van der Waals surface area contributed by atoms with Gasteiger partial charge in [-0.15, -0.1) is 0 Å². The van der Waals surface area contributed by atoms with Gasteiger partial charge in [-0.1, -0.05) is 18.2 Å². The normalized spacial score (nSPS) is 11.1. The molecule has 0 saturated heterocycles. The van der Waals surface area contributed by atoms with Gasteiger partial charge >= 0.3 is 6.18 Å². The van der Waals surface area contributed by atoms with E-state index in [2.05, 4.69) is 25.6 Å². The van der Waals surface area contributed by atoms with Crippen molar-refractivity contribution in [3.05, 3.63) is 77.5 Å². The van der Waals surface area contributed by atoms with Gasteiger partial charge in [0.25, 0.3) is 5.91 Å². The summed E-state index contributed by atoms with van der Waals surface area (Å²) in [6, 6.07) is 11.7. The number of carbonyl (C=O) groups excluding carboxylic acids is 1. The Bertz CT molecular complexity index is 977. The van der Waals surface area contributed by atoms with Gasteiger partial charge in [-0.05, 0) is 31.2 Å². The second kappa shape index (κ2) is 8.03. The van der Waals surface area contributed by atoms with Crippen molar-refractivity contribution in [3.63, 3.8) is 0 Å². The Balaban J connectivity index is 1.80. The highest BCUT2D eigenvalue weighted by Gasteiger charge is 2.33. The molecule has 2 aromatic heterocycles. The number of amides is 1. The van der Waals surface area contributed by atoms with Crippen LogP contribution < -0.4 is 10.6 Å². The van der Waals surface area contributed by atoms with Gasteiger partial charge in [-0.25, -0.2) is 9.97 Å². The number of halogens is 3. The average molecular weight is 387 g/mol. The van der Waals surface area contributed by atoms with E-state index in [4.69, 9.17) is 0 Å². The number of alkyl halides is 3. The summed E-state index contributed by atoms with van der Waals surface area (Å²) in [6.07, 6.45) is -2.91. The first-order valence-corrected chi connectivity index (χ1v) is 8.30. The number of aryl methyl sites for hydroxylation is 1. The molecule has 3 aromatic rings. The molecule has 144 valence electrons. The van der Waals surface area contributed by atoms with Gasteiger partial charge in [0, 0.05) is 12.3 Å². The molecule has 0 spiro atoms. The molecule has 0 radical (unpaired) electrons. The number of rotatable bonds is 5. The predicted molar refractivity (Wildman–Crippen MR) is 96.9 cm³/mol. The smallest absolute Gasteiger partial charge is 0.345 e. The summed E-state index contributed by atoms with van der Waals surface area (Å²) in [7, 11) is 0. The zero-order chi connectivity index (χ0) is 20.1. The maximum Gasteiger partial charge on any atom is 0.418 e. The SMILES string of the molecule is Cc1nc(Nc2ccccc2C(F)(F)F)cc(C(=O)NCc2ccccn2)n1. The van der Waals surface area contributed by atoms with Crippen LogP contribution in [-0.2, 0) is 12.7 Å². The Labute approximate surface area is 158 Å². The molecule has 2 heterocycles. The zero-order valence-corrected chi connectivity index (χ0v) is 14.8. The predicted octanol–water partition coefficient (Wildman–Crippen LogP) is 3.87. The number of nitrogens with zero attached hydrogens (tertiary/aromatic N) is 3. The molecule has 0 unspecified atom stereocenters. The maximum absolute atomic E-state index is 13.2. The summed E-state index contributed by atoms with van der Waals surface area (Å²) in [5, 5.41) is 5.30. The number of pyridine rings is 1. The molecule has 1 aromatic carbocycles. The number of benzene rings is 1. The number of hydrogen-bond donors (Lipinski definition) is 2. The van der Waals surface area contributed by atoms with Gasteiger partial charge in [0.15, 0.2) is 0 Å². The lowest BCUT2D eigenvalue weighted by Gasteiger charge is -2.14. The Kier molecular flexibility index (Phi) is 5.53. The number of carbonyl (C=O) groups is 1. The lowest BCUT2D eigenvalue weighted by molar-refractivity contribution is -0.136. The molecule has 0 atom stereocenters. The fourth-order valence-electron chi connectivity index (χ4n) is 2.49. The molecular formula is C19H16F3N5O. The minimum absolute atomic E-state index is 0.0374. The van der Waals surface area contributed by atoms with Crippen LogP contribution >= 0.6 is 0 Å². The summed E-state index contributed by atoms with van der Waals surface area (Å²) >= 11 is 0. The zero-order valence-electron chi connectivity index (χ0n) is 14.8. The Morgan fingerprint density at radius 2 is 1.82 bits per heavy atom. The largest absolute Gasteiger partial charge is 0.418 e. The number of hydrogen-bond acceptors (Lipinski definition) is 5. The molecule has 0 aliphatic carbocycles. The quantitative estimate of drug-likeness (QED) is 0.695. The molecule has 0 aliphatic heterocycles. The molecule has 28 heavy (non-hydrogen) atoms. The average Bonchev–Trinajstić information content (AvgIpc) is 2.66. The first-order valence-electron chi connectivity index (χ1n) is 8.30. The van der Waals surface area contributed by atoms with Crippen LogP contribution in [0.25, 0.3) is 0 Å². The topological polar surface area (TPSA) is 79.8 Å². The van der Waals surface area contributed by atoms with Crippen molar-refractivity contribution >= 4 is 17.4 Å². The minimum Gasteiger partial charge on any atom is -0.345 e. The van der Waals surface area contributed by atoms with Crippen LogP contribution in [0.5, 0.6) is 0 Å². The molecule has 0 saturated carbocycles. The van der Waals surface area contributed by atoms with E-state index < -0.39 is 17.6 Å². The molecule has 1 amide bonds. The Morgan fingerprint density at radius 1 is 1.07 bits per heavy atom. The van der Waals surface area contributed by atoms with Gasteiger partial charge in [0.1, 0.15) is 17.3 Å². The van der Waals surface area contributed by atoms with E-state index in [0.29, 0.717) is 5.69 Å². The Morgan fingerprint density at radius 3 is 2.54 bits per heavy atom. The number of anilines is 2. The molecule has 6 nitrogen and oxygen atoms in total. The van der Waals surface area contributed by atoms with E-state index in [1.54, 1.807) is 31.3 Å². The molecule has 0 bridgehead atoms. The first-order chi connectivity index (χ1) is 13.3. The molecule has 0 aliphatic rings. The first kappa shape index (κ1) is 19.3. The van der Waals surface area contributed by atoms with E-state index >= 15 is 0 Å². The fourth-order valence-corrected chi connectivity index (χ4v) is 2.49. The van der Waals surface area contributed by atoms with Gasteiger partial charge in [-0.2, -0.15) is 13.2 Å². The third kappa shape index (κ3) is 4.81. The van der Waals surface area contributed by atoms with Crippen LogP contribution in [0.1, 0.15) is 27.6 Å². The minimum atomic E-state index is -4.52. The van der Waals surface area contributed by atoms with E-state index in [-0.39, 0.29) is 29.6 Å². The lowest BCUT2D eigenvalue weighted by Crippen LogP contribution is -2.25. The second-order valence-electron chi connectivity index (χ2n) is 5.86. The Hall–Kier alpha value is -3.49. The van der Waals surface area contributed by atoms with Crippen LogP contribution in [0.2, 0.25) is 0 Å². The van der Waals surface area contributed by atoms with Crippen LogP contribution in [0.3, 0.4) is 0 Å². The van der Waals surface area contributed by atoms with Crippen molar-refractivity contribution in [2.24, 2.45) is 0 Å². The fraction of sp³-hybridized carbons (Fsp3) is 0.158. The highest BCUT2D eigenvalue weighted by atomic mass is 19.4. The van der Waals surface area contributed by atoms with Crippen LogP contribution in [-0.4, -0.2) is 20.9 Å². The van der Waals surface area contributed by atoms with Gasteiger partial charge < -0.3 is 10.6 Å².